The SMILES string of the molecule is Cc1c(Cl)cccc1N1C(N)=C(C#N)[C@H](c2cccnc2)C2=C1CCCC2=O. The number of ketones is 1. The Balaban J connectivity index is 2.01. The van der Waals surface area contributed by atoms with Gasteiger partial charge in [0.25, 0.3) is 0 Å². The Morgan fingerprint density at radius 2 is 2.11 bits per heavy atom. The molecule has 1 atom stereocenters. The van der Waals surface area contributed by atoms with Gasteiger partial charge in [-0.3, -0.25) is 14.7 Å². The molecule has 2 aromatic rings. The van der Waals surface area contributed by atoms with Crippen molar-refractivity contribution in [3.05, 3.63) is 81.5 Å². The van der Waals surface area contributed by atoms with Gasteiger partial charge in [-0.15, -0.1) is 0 Å². The van der Waals surface area contributed by atoms with Crippen molar-refractivity contribution in [1.82, 2.24) is 4.98 Å². The topological polar surface area (TPSA) is 83.0 Å². The standard InChI is InChI=1S/C22H19ClN4O/c1-13-16(23)6-2-7-17(13)27-18-8-3-9-19(28)21(18)20(15(11-24)22(27)25)14-5-4-10-26-12-14/h2,4-7,10,12,20H,3,8-9,25H2,1H3/t20-/m0/s1. The lowest BCUT2D eigenvalue weighted by molar-refractivity contribution is -0.116. The van der Waals surface area contributed by atoms with Crippen LogP contribution in [0.3, 0.4) is 0 Å². The van der Waals surface area contributed by atoms with Gasteiger partial charge < -0.3 is 5.73 Å². The number of nitriles is 1. The van der Waals surface area contributed by atoms with Crippen LogP contribution in [-0.4, -0.2) is 10.8 Å². The highest BCUT2D eigenvalue weighted by Gasteiger charge is 2.40. The van der Waals surface area contributed by atoms with Gasteiger partial charge >= 0.3 is 0 Å². The van der Waals surface area contributed by atoms with Gasteiger partial charge in [0, 0.05) is 35.1 Å². The Labute approximate surface area is 168 Å². The van der Waals surface area contributed by atoms with Crippen LogP contribution < -0.4 is 10.6 Å². The summed E-state index contributed by atoms with van der Waals surface area (Å²) in [7, 11) is 0. The van der Waals surface area contributed by atoms with Crippen molar-refractivity contribution < 1.29 is 4.79 Å². The molecule has 1 aliphatic carbocycles. The van der Waals surface area contributed by atoms with E-state index in [2.05, 4.69) is 11.1 Å². The summed E-state index contributed by atoms with van der Waals surface area (Å²) >= 11 is 6.34. The second-order valence-corrected chi connectivity index (χ2v) is 7.39. The van der Waals surface area contributed by atoms with Gasteiger partial charge in [-0.25, -0.2) is 0 Å². The summed E-state index contributed by atoms with van der Waals surface area (Å²) in [4.78, 5) is 19.0. The normalized spacial score (nSPS) is 19.5. The molecule has 2 heterocycles. The number of benzene rings is 1. The first kappa shape index (κ1) is 18.3. The maximum absolute atomic E-state index is 13.0. The highest BCUT2D eigenvalue weighted by atomic mass is 35.5. The van der Waals surface area contributed by atoms with Crippen LogP contribution >= 0.6 is 11.6 Å². The van der Waals surface area contributed by atoms with E-state index in [9.17, 15) is 10.1 Å². The van der Waals surface area contributed by atoms with Crippen LogP contribution in [0.1, 0.15) is 36.3 Å². The van der Waals surface area contributed by atoms with Gasteiger partial charge in [-0.1, -0.05) is 23.7 Å². The van der Waals surface area contributed by atoms with Crippen molar-refractivity contribution in [2.45, 2.75) is 32.1 Å². The van der Waals surface area contributed by atoms with E-state index < -0.39 is 5.92 Å². The van der Waals surface area contributed by atoms with Crippen molar-refractivity contribution in [1.29, 1.82) is 5.26 Å². The van der Waals surface area contributed by atoms with Crippen LogP contribution in [0.25, 0.3) is 0 Å². The number of allylic oxidation sites excluding steroid dienone is 3. The Morgan fingerprint density at radius 3 is 2.82 bits per heavy atom. The van der Waals surface area contributed by atoms with E-state index in [1.807, 2.05) is 42.2 Å². The van der Waals surface area contributed by atoms with Gasteiger partial charge in [0.15, 0.2) is 5.78 Å². The molecule has 140 valence electrons. The first-order valence-electron chi connectivity index (χ1n) is 9.15. The molecule has 4 rings (SSSR count). The Morgan fingerprint density at radius 1 is 1.29 bits per heavy atom. The quantitative estimate of drug-likeness (QED) is 0.824. The molecule has 0 fully saturated rings. The van der Waals surface area contributed by atoms with E-state index in [1.54, 1.807) is 12.4 Å². The molecule has 2 aliphatic rings. The third-order valence-corrected chi connectivity index (χ3v) is 5.82. The summed E-state index contributed by atoms with van der Waals surface area (Å²) in [6.07, 6.45) is 5.30. The summed E-state index contributed by atoms with van der Waals surface area (Å²) in [5.74, 6) is -0.0903. The van der Waals surface area contributed by atoms with Crippen molar-refractivity contribution in [2.24, 2.45) is 5.73 Å². The average Bonchev–Trinajstić information content (AvgIpc) is 2.71. The Hall–Kier alpha value is -3.10. The number of carbonyl (C=O) groups is 1. The van der Waals surface area contributed by atoms with E-state index in [0.29, 0.717) is 34.8 Å². The minimum absolute atomic E-state index is 0.0556. The highest BCUT2D eigenvalue weighted by molar-refractivity contribution is 6.31. The monoisotopic (exact) mass is 390 g/mol. The number of carbonyl (C=O) groups excluding carboxylic acids is 1. The smallest absolute Gasteiger partial charge is 0.161 e. The van der Waals surface area contributed by atoms with E-state index in [-0.39, 0.29) is 5.78 Å². The van der Waals surface area contributed by atoms with Crippen molar-refractivity contribution in [3.63, 3.8) is 0 Å². The number of aromatic nitrogens is 1. The molecule has 1 aliphatic heterocycles. The first-order chi connectivity index (χ1) is 13.5. The minimum Gasteiger partial charge on any atom is -0.384 e. The predicted molar refractivity (Wildman–Crippen MR) is 108 cm³/mol. The number of pyridine rings is 1. The molecule has 2 N–H and O–H groups in total. The minimum atomic E-state index is -0.489. The predicted octanol–water partition coefficient (Wildman–Crippen LogP) is 4.35. The van der Waals surface area contributed by atoms with Gasteiger partial charge in [0.05, 0.1) is 23.2 Å². The maximum atomic E-state index is 13.0. The molecule has 0 spiro atoms. The molecule has 5 nitrogen and oxygen atoms in total. The van der Waals surface area contributed by atoms with Crippen LogP contribution in [0.15, 0.2) is 65.4 Å². The van der Waals surface area contributed by atoms with E-state index >= 15 is 0 Å². The Bertz CT molecular complexity index is 1070. The number of hydrogen-bond donors (Lipinski definition) is 1. The number of Topliss-reactive ketones (excluding diaryl/α,β-unsaturated/α-hetero) is 1. The lowest BCUT2D eigenvalue weighted by atomic mass is 9.76. The van der Waals surface area contributed by atoms with Crippen LogP contribution in [-0.2, 0) is 4.79 Å². The second-order valence-electron chi connectivity index (χ2n) is 6.99. The number of nitrogens with zero attached hydrogens (tertiary/aromatic N) is 3. The average molecular weight is 391 g/mol. The third kappa shape index (κ3) is 2.78. The highest BCUT2D eigenvalue weighted by Crippen LogP contribution is 2.46. The van der Waals surface area contributed by atoms with Crippen molar-refractivity contribution >= 4 is 23.1 Å². The van der Waals surface area contributed by atoms with Crippen molar-refractivity contribution in [2.75, 3.05) is 4.90 Å². The number of rotatable bonds is 2. The Kier molecular flexibility index (Phi) is 4.66. The van der Waals surface area contributed by atoms with E-state index in [0.717, 1.165) is 28.9 Å². The molecular formula is C22H19ClN4O. The molecule has 0 amide bonds. The van der Waals surface area contributed by atoms with Gasteiger partial charge in [-0.2, -0.15) is 5.26 Å². The molecule has 28 heavy (non-hydrogen) atoms. The van der Waals surface area contributed by atoms with E-state index in [4.69, 9.17) is 17.3 Å². The van der Waals surface area contributed by atoms with Gasteiger partial charge in [0.2, 0.25) is 0 Å². The number of hydrogen-bond acceptors (Lipinski definition) is 5. The molecular weight excluding hydrogens is 372 g/mol. The summed E-state index contributed by atoms with van der Waals surface area (Å²) in [5, 5.41) is 10.6. The fraction of sp³-hybridized carbons (Fsp3) is 0.227. The zero-order chi connectivity index (χ0) is 19.8. The van der Waals surface area contributed by atoms with Gasteiger partial charge in [-0.05, 0) is 49.1 Å². The molecule has 1 aromatic heterocycles. The summed E-state index contributed by atoms with van der Waals surface area (Å²) in [6, 6.07) is 11.5. The molecule has 0 radical (unpaired) electrons. The molecule has 6 heteroatoms. The van der Waals surface area contributed by atoms with Crippen LogP contribution in [0, 0.1) is 18.3 Å². The fourth-order valence-corrected chi connectivity index (χ4v) is 4.25. The lowest BCUT2D eigenvalue weighted by Crippen LogP contribution is -2.39. The molecule has 1 aromatic carbocycles. The molecule has 0 bridgehead atoms. The zero-order valence-electron chi connectivity index (χ0n) is 15.4. The largest absolute Gasteiger partial charge is 0.384 e. The maximum Gasteiger partial charge on any atom is 0.161 e. The fourth-order valence-electron chi connectivity index (χ4n) is 4.08. The van der Waals surface area contributed by atoms with Crippen molar-refractivity contribution in [3.8, 4) is 6.07 Å². The zero-order valence-corrected chi connectivity index (χ0v) is 16.2. The number of anilines is 1. The summed E-state index contributed by atoms with van der Waals surface area (Å²) in [6.45, 7) is 1.91. The van der Waals surface area contributed by atoms with Gasteiger partial charge in [0.1, 0.15) is 5.82 Å². The summed E-state index contributed by atoms with van der Waals surface area (Å²) in [5.41, 5.74) is 10.8. The summed E-state index contributed by atoms with van der Waals surface area (Å²) < 4.78 is 0. The number of halogens is 1. The first-order valence-corrected chi connectivity index (χ1v) is 9.53. The molecule has 0 saturated heterocycles. The third-order valence-electron chi connectivity index (χ3n) is 5.41. The van der Waals surface area contributed by atoms with E-state index in [1.165, 1.54) is 0 Å². The second kappa shape index (κ2) is 7.14. The van der Waals surface area contributed by atoms with Crippen LogP contribution in [0.4, 0.5) is 5.69 Å². The number of nitrogens with two attached hydrogens (primary N) is 1. The molecule has 0 unspecified atom stereocenters. The lowest BCUT2D eigenvalue weighted by Gasteiger charge is -2.40. The van der Waals surface area contributed by atoms with Crippen LogP contribution in [0.5, 0.6) is 0 Å². The van der Waals surface area contributed by atoms with Crippen LogP contribution in [0.2, 0.25) is 5.02 Å². The molecule has 0 saturated carbocycles.